The van der Waals surface area contributed by atoms with E-state index < -0.39 is 46.7 Å². The third kappa shape index (κ3) is 3.13. The Balaban J connectivity index is 2.50. The lowest BCUT2D eigenvalue weighted by atomic mass is 10.1. The van der Waals surface area contributed by atoms with E-state index in [1.54, 1.807) is 0 Å². The Morgan fingerprint density at radius 2 is 1.87 bits per heavy atom. The number of nitrogens with zero attached hydrogens (tertiary/aromatic N) is 2. The molecule has 1 aliphatic heterocycles. The Bertz CT molecular complexity index is 672. The fourth-order valence-electron chi connectivity index (χ4n) is 1.88. The minimum Gasteiger partial charge on any atom is -0.362 e. The van der Waals surface area contributed by atoms with Gasteiger partial charge in [-0.25, -0.2) is 0 Å². The normalized spacial score (nSPS) is 22.3. The minimum atomic E-state index is -5.54. The second-order valence-corrected chi connectivity index (χ2v) is 5.10. The van der Waals surface area contributed by atoms with E-state index >= 15 is 0 Å². The van der Waals surface area contributed by atoms with Gasteiger partial charge >= 0.3 is 12.4 Å². The van der Waals surface area contributed by atoms with Gasteiger partial charge in [0.05, 0.1) is 6.42 Å². The van der Waals surface area contributed by atoms with Crippen molar-refractivity contribution in [2.24, 2.45) is 5.10 Å². The molecule has 4 nitrogen and oxygen atoms in total. The molecule has 11 heteroatoms. The van der Waals surface area contributed by atoms with Crippen LogP contribution in [0.4, 0.5) is 26.3 Å². The van der Waals surface area contributed by atoms with Crippen LogP contribution in [-0.2, 0) is 0 Å². The first-order valence-corrected chi connectivity index (χ1v) is 6.28. The van der Waals surface area contributed by atoms with E-state index in [0.29, 0.717) is 0 Å². The molecule has 0 spiro atoms. The fourth-order valence-corrected chi connectivity index (χ4v) is 2.07. The second kappa shape index (κ2) is 5.38. The Labute approximate surface area is 129 Å². The predicted molar refractivity (Wildman–Crippen MR) is 66.7 cm³/mol. The molecule has 1 heterocycles. The molecule has 0 radical (unpaired) electrons. The van der Waals surface area contributed by atoms with Crippen molar-refractivity contribution in [3.63, 3.8) is 0 Å². The Morgan fingerprint density at radius 1 is 1.26 bits per heavy atom. The molecule has 0 aliphatic carbocycles. The highest BCUT2D eigenvalue weighted by Gasteiger charge is 2.66. The van der Waals surface area contributed by atoms with Crippen LogP contribution in [0.2, 0.25) is 5.02 Å². The average molecular weight is 361 g/mol. The first-order valence-electron chi connectivity index (χ1n) is 5.90. The van der Waals surface area contributed by atoms with Crippen LogP contribution in [0, 0.1) is 0 Å². The standard InChI is InChI=1S/C12H7ClF6N2O2/c13-7-3-1-2-6(4-7)9(22)21-10(23,12(17,18)19)5-8(20-21)11(14,15)16/h1-4,23H,5H2/t10-/m0/s1. The molecular weight excluding hydrogens is 354 g/mol. The number of rotatable bonds is 1. The molecule has 2 rings (SSSR count). The molecule has 0 saturated heterocycles. The highest BCUT2D eigenvalue weighted by molar-refractivity contribution is 6.31. The highest BCUT2D eigenvalue weighted by atomic mass is 35.5. The lowest BCUT2D eigenvalue weighted by Gasteiger charge is -2.32. The SMILES string of the molecule is O=C(c1cccc(Cl)c1)N1N=C(C(F)(F)F)C[C@]1(O)C(F)(F)F. The Kier molecular flexibility index (Phi) is 4.10. The summed E-state index contributed by atoms with van der Waals surface area (Å²) in [4.78, 5) is 12.1. The summed E-state index contributed by atoms with van der Waals surface area (Å²) in [6.07, 6.45) is -12.7. The molecule has 126 valence electrons. The molecule has 1 atom stereocenters. The van der Waals surface area contributed by atoms with Crippen LogP contribution in [0.5, 0.6) is 0 Å². The highest BCUT2D eigenvalue weighted by Crippen LogP contribution is 2.43. The van der Waals surface area contributed by atoms with Crippen molar-refractivity contribution in [3.8, 4) is 0 Å². The van der Waals surface area contributed by atoms with Crippen molar-refractivity contribution >= 4 is 23.2 Å². The Morgan fingerprint density at radius 3 is 2.35 bits per heavy atom. The summed E-state index contributed by atoms with van der Waals surface area (Å²) in [5, 5.41) is 11.7. The summed E-state index contributed by atoms with van der Waals surface area (Å²) in [6.45, 7) is 0. The van der Waals surface area contributed by atoms with E-state index in [-0.39, 0.29) is 5.02 Å². The number of alkyl halides is 6. The number of carbonyl (C=O) groups excluding carboxylic acids is 1. The number of aliphatic hydroxyl groups is 1. The van der Waals surface area contributed by atoms with Gasteiger partial charge in [0, 0.05) is 10.6 Å². The maximum atomic E-state index is 13.0. The summed E-state index contributed by atoms with van der Waals surface area (Å²) >= 11 is 5.59. The van der Waals surface area contributed by atoms with Crippen LogP contribution in [-0.4, -0.2) is 39.8 Å². The number of amides is 1. The van der Waals surface area contributed by atoms with Gasteiger partial charge in [-0.2, -0.15) is 36.5 Å². The van der Waals surface area contributed by atoms with Crippen molar-refractivity contribution in [3.05, 3.63) is 34.9 Å². The minimum absolute atomic E-state index is 0.0226. The second-order valence-electron chi connectivity index (χ2n) is 4.66. The first kappa shape index (κ1) is 17.5. The van der Waals surface area contributed by atoms with Crippen LogP contribution >= 0.6 is 11.6 Å². The monoisotopic (exact) mass is 360 g/mol. The average Bonchev–Trinajstić information content (AvgIpc) is 2.77. The van der Waals surface area contributed by atoms with Crippen molar-refractivity contribution in [2.75, 3.05) is 0 Å². The zero-order valence-corrected chi connectivity index (χ0v) is 11.7. The van der Waals surface area contributed by atoms with Gasteiger partial charge in [0.15, 0.2) is 0 Å². The van der Waals surface area contributed by atoms with E-state index in [4.69, 9.17) is 11.6 Å². The van der Waals surface area contributed by atoms with Gasteiger partial charge < -0.3 is 5.11 Å². The summed E-state index contributed by atoms with van der Waals surface area (Å²) in [6, 6.07) is 4.50. The third-order valence-corrected chi connectivity index (χ3v) is 3.27. The molecule has 0 aromatic heterocycles. The predicted octanol–water partition coefficient (Wildman–Crippen LogP) is 3.36. The van der Waals surface area contributed by atoms with E-state index in [0.717, 1.165) is 12.1 Å². The van der Waals surface area contributed by atoms with Gasteiger partial charge in [-0.1, -0.05) is 17.7 Å². The van der Waals surface area contributed by atoms with Gasteiger partial charge in [-0.3, -0.25) is 4.79 Å². The number of benzene rings is 1. The van der Waals surface area contributed by atoms with Crippen LogP contribution in [0.3, 0.4) is 0 Å². The zero-order valence-electron chi connectivity index (χ0n) is 10.9. The van der Waals surface area contributed by atoms with Gasteiger partial charge in [0.2, 0.25) is 0 Å². The molecule has 0 bridgehead atoms. The molecule has 1 aromatic carbocycles. The summed E-state index contributed by atoms with van der Waals surface area (Å²) < 4.78 is 76.9. The fraction of sp³-hybridized carbons (Fsp3) is 0.333. The Hall–Kier alpha value is -1.81. The molecule has 0 saturated carbocycles. The molecule has 1 amide bonds. The molecular formula is C12H7ClF6N2O2. The lowest BCUT2D eigenvalue weighted by molar-refractivity contribution is -0.297. The first-order chi connectivity index (χ1) is 10.4. The van der Waals surface area contributed by atoms with Crippen molar-refractivity contribution < 1.29 is 36.2 Å². The van der Waals surface area contributed by atoms with E-state index in [9.17, 15) is 36.2 Å². The van der Waals surface area contributed by atoms with Crippen LogP contribution in [0.25, 0.3) is 0 Å². The lowest BCUT2D eigenvalue weighted by Crippen LogP contribution is -2.56. The molecule has 23 heavy (non-hydrogen) atoms. The maximum absolute atomic E-state index is 13.0. The van der Waals surface area contributed by atoms with Gasteiger partial charge in [0.25, 0.3) is 11.6 Å². The van der Waals surface area contributed by atoms with Crippen LogP contribution in [0.15, 0.2) is 29.4 Å². The number of carbonyl (C=O) groups is 1. The molecule has 0 fully saturated rings. The quantitative estimate of drug-likeness (QED) is 0.781. The molecule has 1 N–H and O–H groups in total. The summed E-state index contributed by atoms with van der Waals surface area (Å²) in [5.74, 6) is -1.56. The van der Waals surface area contributed by atoms with Crippen molar-refractivity contribution in [2.45, 2.75) is 24.5 Å². The number of hydrogen-bond donors (Lipinski definition) is 1. The topological polar surface area (TPSA) is 52.9 Å². The summed E-state index contributed by atoms with van der Waals surface area (Å²) in [7, 11) is 0. The van der Waals surface area contributed by atoms with Crippen molar-refractivity contribution in [1.82, 2.24) is 5.01 Å². The molecule has 1 aliphatic rings. The number of hydrogen-bond acceptors (Lipinski definition) is 3. The van der Waals surface area contributed by atoms with Crippen molar-refractivity contribution in [1.29, 1.82) is 0 Å². The number of hydrazone groups is 1. The molecule has 1 aromatic rings. The third-order valence-electron chi connectivity index (χ3n) is 3.03. The number of halogens is 7. The zero-order chi connectivity index (χ0) is 17.6. The van der Waals surface area contributed by atoms with Gasteiger partial charge in [-0.15, -0.1) is 0 Å². The molecule has 0 unspecified atom stereocenters. The smallest absolute Gasteiger partial charge is 0.362 e. The summed E-state index contributed by atoms with van der Waals surface area (Å²) in [5.41, 5.74) is -6.45. The van der Waals surface area contributed by atoms with Crippen LogP contribution in [0.1, 0.15) is 16.8 Å². The van der Waals surface area contributed by atoms with Gasteiger partial charge in [-0.05, 0) is 18.2 Å². The largest absolute Gasteiger partial charge is 0.438 e. The van der Waals surface area contributed by atoms with E-state index in [1.807, 2.05) is 0 Å². The van der Waals surface area contributed by atoms with E-state index in [1.165, 1.54) is 12.1 Å². The van der Waals surface area contributed by atoms with Gasteiger partial charge in [0.1, 0.15) is 5.71 Å². The van der Waals surface area contributed by atoms with E-state index in [2.05, 4.69) is 5.10 Å². The maximum Gasteiger partial charge on any atom is 0.438 e. The van der Waals surface area contributed by atoms with Crippen LogP contribution < -0.4 is 0 Å².